The number of anilines is 1. The summed E-state index contributed by atoms with van der Waals surface area (Å²) in [6, 6.07) is 4.04. The normalized spacial score (nSPS) is 10.3. The van der Waals surface area contributed by atoms with Crippen LogP contribution in [-0.2, 0) is 0 Å². The SMILES string of the molecule is Cc1cn[nH]c1-c1ccc(N(C)C)nc1. The topological polar surface area (TPSA) is 44.8 Å². The van der Waals surface area contributed by atoms with Gasteiger partial charge in [-0.05, 0) is 24.6 Å². The summed E-state index contributed by atoms with van der Waals surface area (Å²) in [5.74, 6) is 0.955. The van der Waals surface area contributed by atoms with E-state index in [2.05, 4.69) is 15.2 Å². The van der Waals surface area contributed by atoms with Gasteiger partial charge in [0.05, 0.1) is 11.9 Å². The van der Waals surface area contributed by atoms with E-state index in [0.29, 0.717) is 0 Å². The van der Waals surface area contributed by atoms with E-state index >= 15 is 0 Å². The molecule has 2 aromatic rings. The molecule has 0 aromatic carbocycles. The highest BCUT2D eigenvalue weighted by atomic mass is 15.1. The summed E-state index contributed by atoms with van der Waals surface area (Å²) in [5.41, 5.74) is 3.23. The number of aromatic amines is 1. The smallest absolute Gasteiger partial charge is 0.127 e. The number of nitrogens with one attached hydrogen (secondary N) is 1. The van der Waals surface area contributed by atoms with Crippen LogP contribution in [0, 0.1) is 6.92 Å². The van der Waals surface area contributed by atoms with Crippen molar-refractivity contribution in [3.8, 4) is 11.3 Å². The van der Waals surface area contributed by atoms with Crippen LogP contribution in [0.3, 0.4) is 0 Å². The summed E-state index contributed by atoms with van der Waals surface area (Å²) < 4.78 is 0. The Morgan fingerprint density at radius 3 is 2.47 bits per heavy atom. The summed E-state index contributed by atoms with van der Waals surface area (Å²) in [5, 5.41) is 6.96. The summed E-state index contributed by atoms with van der Waals surface area (Å²) in [4.78, 5) is 6.33. The Bertz CT molecular complexity index is 442. The minimum atomic E-state index is 0.955. The molecule has 0 spiro atoms. The Labute approximate surface area is 89.0 Å². The Hall–Kier alpha value is -1.84. The van der Waals surface area contributed by atoms with Crippen molar-refractivity contribution in [3.63, 3.8) is 0 Å². The van der Waals surface area contributed by atoms with Gasteiger partial charge in [-0.2, -0.15) is 5.10 Å². The first-order valence-electron chi connectivity index (χ1n) is 4.82. The third-order valence-corrected chi connectivity index (χ3v) is 2.32. The van der Waals surface area contributed by atoms with Gasteiger partial charge in [-0.15, -0.1) is 0 Å². The molecule has 4 heteroatoms. The zero-order valence-electron chi connectivity index (χ0n) is 9.15. The predicted molar refractivity (Wildman–Crippen MR) is 60.9 cm³/mol. The molecule has 0 unspecified atom stereocenters. The van der Waals surface area contributed by atoms with Crippen LogP contribution in [0.15, 0.2) is 24.5 Å². The molecule has 0 amide bonds. The maximum atomic E-state index is 4.35. The first kappa shape index (κ1) is 9.71. The maximum absolute atomic E-state index is 4.35. The summed E-state index contributed by atoms with van der Waals surface area (Å²) in [7, 11) is 3.95. The Kier molecular flexibility index (Phi) is 2.41. The van der Waals surface area contributed by atoms with Crippen LogP contribution in [-0.4, -0.2) is 29.3 Å². The fourth-order valence-electron chi connectivity index (χ4n) is 1.44. The molecule has 0 bridgehead atoms. The molecule has 0 radical (unpaired) electrons. The van der Waals surface area contributed by atoms with Gasteiger partial charge in [0, 0.05) is 25.9 Å². The monoisotopic (exact) mass is 202 g/mol. The molecule has 0 aliphatic rings. The molecule has 78 valence electrons. The van der Waals surface area contributed by atoms with E-state index in [1.54, 1.807) is 0 Å². The molecule has 0 aliphatic heterocycles. The molecular weight excluding hydrogens is 188 g/mol. The van der Waals surface area contributed by atoms with Gasteiger partial charge in [0.25, 0.3) is 0 Å². The zero-order valence-corrected chi connectivity index (χ0v) is 9.15. The molecule has 0 fully saturated rings. The van der Waals surface area contributed by atoms with Crippen LogP contribution >= 0.6 is 0 Å². The highest BCUT2D eigenvalue weighted by Gasteiger charge is 2.04. The Balaban J connectivity index is 2.36. The molecule has 2 heterocycles. The minimum Gasteiger partial charge on any atom is -0.363 e. The molecule has 2 aromatic heterocycles. The second-order valence-corrected chi connectivity index (χ2v) is 3.73. The van der Waals surface area contributed by atoms with Crippen molar-refractivity contribution in [2.24, 2.45) is 0 Å². The van der Waals surface area contributed by atoms with Crippen molar-refractivity contribution in [2.45, 2.75) is 6.92 Å². The Morgan fingerprint density at radius 2 is 2.00 bits per heavy atom. The number of hydrogen-bond acceptors (Lipinski definition) is 3. The third-order valence-electron chi connectivity index (χ3n) is 2.32. The van der Waals surface area contributed by atoms with Gasteiger partial charge in [-0.3, -0.25) is 5.10 Å². The largest absolute Gasteiger partial charge is 0.363 e. The second-order valence-electron chi connectivity index (χ2n) is 3.73. The molecule has 0 saturated carbocycles. The number of aryl methyl sites for hydroxylation is 1. The number of rotatable bonds is 2. The van der Waals surface area contributed by atoms with Crippen LogP contribution in [0.5, 0.6) is 0 Å². The molecule has 2 rings (SSSR count). The van der Waals surface area contributed by atoms with Crippen molar-refractivity contribution in [3.05, 3.63) is 30.1 Å². The third kappa shape index (κ3) is 1.83. The van der Waals surface area contributed by atoms with Crippen LogP contribution < -0.4 is 4.90 Å². The van der Waals surface area contributed by atoms with E-state index in [0.717, 1.165) is 22.6 Å². The van der Waals surface area contributed by atoms with E-state index in [1.807, 2.05) is 50.4 Å². The molecule has 15 heavy (non-hydrogen) atoms. The Morgan fingerprint density at radius 1 is 1.20 bits per heavy atom. The van der Waals surface area contributed by atoms with Gasteiger partial charge >= 0.3 is 0 Å². The van der Waals surface area contributed by atoms with Gasteiger partial charge in [-0.25, -0.2) is 4.98 Å². The van der Waals surface area contributed by atoms with E-state index in [1.165, 1.54) is 0 Å². The number of hydrogen-bond donors (Lipinski definition) is 1. The molecule has 0 atom stereocenters. The van der Waals surface area contributed by atoms with Gasteiger partial charge in [-0.1, -0.05) is 0 Å². The van der Waals surface area contributed by atoms with Crippen molar-refractivity contribution >= 4 is 5.82 Å². The average molecular weight is 202 g/mol. The lowest BCUT2D eigenvalue weighted by Gasteiger charge is -2.10. The summed E-state index contributed by atoms with van der Waals surface area (Å²) in [6.45, 7) is 2.03. The number of pyridine rings is 1. The quantitative estimate of drug-likeness (QED) is 0.808. The fourth-order valence-corrected chi connectivity index (χ4v) is 1.44. The van der Waals surface area contributed by atoms with Crippen molar-refractivity contribution in [2.75, 3.05) is 19.0 Å². The summed E-state index contributed by atoms with van der Waals surface area (Å²) in [6.07, 6.45) is 3.67. The molecular formula is C11H14N4. The van der Waals surface area contributed by atoms with E-state index in [-0.39, 0.29) is 0 Å². The second kappa shape index (κ2) is 3.73. The van der Waals surface area contributed by atoms with E-state index in [4.69, 9.17) is 0 Å². The van der Waals surface area contributed by atoms with E-state index < -0.39 is 0 Å². The molecule has 1 N–H and O–H groups in total. The van der Waals surface area contributed by atoms with Gasteiger partial charge in [0.2, 0.25) is 0 Å². The van der Waals surface area contributed by atoms with Crippen LogP contribution in [0.1, 0.15) is 5.56 Å². The minimum absolute atomic E-state index is 0.955. The standard InChI is InChI=1S/C11H14N4/c1-8-6-13-14-11(8)9-4-5-10(12-7-9)15(2)3/h4-7H,1-3H3,(H,13,14). The lowest BCUT2D eigenvalue weighted by atomic mass is 10.1. The van der Waals surface area contributed by atoms with E-state index in [9.17, 15) is 0 Å². The van der Waals surface area contributed by atoms with Gasteiger partial charge in [0.1, 0.15) is 5.82 Å². The van der Waals surface area contributed by atoms with Crippen LogP contribution in [0.4, 0.5) is 5.82 Å². The highest BCUT2D eigenvalue weighted by molar-refractivity contribution is 5.62. The maximum Gasteiger partial charge on any atom is 0.127 e. The lowest BCUT2D eigenvalue weighted by molar-refractivity contribution is 1.06. The molecule has 4 nitrogen and oxygen atoms in total. The van der Waals surface area contributed by atoms with Crippen molar-refractivity contribution in [1.29, 1.82) is 0 Å². The van der Waals surface area contributed by atoms with Gasteiger partial charge in [0.15, 0.2) is 0 Å². The van der Waals surface area contributed by atoms with Crippen molar-refractivity contribution in [1.82, 2.24) is 15.2 Å². The van der Waals surface area contributed by atoms with Gasteiger partial charge < -0.3 is 4.90 Å². The predicted octanol–water partition coefficient (Wildman–Crippen LogP) is 1.85. The van der Waals surface area contributed by atoms with Crippen molar-refractivity contribution < 1.29 is 0 Å². The molecule has 0 saturated heterocycles. The zero-order chi connectivity index (χ0) is 10.8. The number of H-pyrrole nitrogens is 1. The number of nitrogens with zero attached hydrogens (tertiary/aromatic N) is 3. The van der Waals surface area contributed by atoms with Crippen LogP contribution in [0.2, 0.25) is 0 Å². The summed E-state index contributed by atoms with van der Waals surface area (Å²) >= 11 is 0. The fraction of sp³-hybridized carbons (Fsp3) is 0.273. The highest BCUT2D eigenvalue weighted by Crippen LogP contribution is 2.20. The lowest BCUT2D eigenvalue weighted by Crippen LogP contribution is -2.10. The molecule has 0 aliphatic carbocycles. The number of aromatic nitrogens is 3. The average Bonchev–Trinajstić information content (AvgIpc) is 2.65. The van der Waals surface area contributed by atoms with Crippen LogP contribution in [0.25, 0.3) is 11.3 Å². The first-order chi connectivity index (χ1) is 7.18. The first-order valence-corrected chi connectivity index (χ1v) is 4.82.